The molecular formula is C24H25NO3. The maximum absolute atomic E-state index is 12.9. The Morgan fingerprint density at radius 2 is 1.82 bits per heavy atom. The summed E-state index contributed by atoms with van der Waals surface area (Å²) < 4.78 is 12.0. The van der Waals surface area contributed by atoms with E-state index in [9.17, 15) is 4.79 Å². The first-order valence-corrected chi connectivity index (χ1v) is 9.98. The Balaban J connectivity index is 1.44. The smallest absolute Gasteiger partial charge is 0.231 e. The number of ether oxygens (including phenoxy) is 2. The van der Waals surface area contributed by atoms with Gasteiger partial charge in [0.1, 0.15) is 18.2 Å². The summed E-state index contributed by atoms with van der Waals surface area (Å²) >= 11 is 0. The lowest BCUT2D eigenvalue weighted by atomic mass is 9.86. The molecule has 0 bridgehead atoms. The summed E-state index contributed by atoms with van der Waals surface area (Å²) in [6.45, 7) is 7.97. The highest BCUT2D eigenvalue weighted by molar-refractivity contribution is 6.15. The largest absolute Gasteiger partial charge is 0.478 e. The van der Waals surface area contributed by atoms with E-state index in [1.807, 2.05) is 30.3 Å². The minimum atomic E-state index is -0.0544. The number of hydrogen-bond donors (Lipinski definition) is 0. The van der Waals surface area contributed by atoms with E-state index in [1.165, 1.54) is 18.4 Å². The highest BCUT2D eigenvalue weighted by Gasteiger charge is 2.37. The van der Waals surface area contributed by atoms with Crippen LogP contribution in [0, 0.1) is 0 Å². The molecule has 2 heterocycles. The second kappa shape index (κ2) is 6.21. The Labute approximate surface area is 165 Å². The maximum Gasteiger partial charge on any atom is 0.231 e. The molecule has 0 amide bonds. The van der Waals surface area contributed by atoms with Gasteiger partial charge in [-0.25, -0.2) is 0 Å². The van der Waals surface area contributed by atoms with Crippen LogP contribution >= 0.6 is 0 Å². The SMILES string of the molecule is CC(C)(C)c1ccc(/C=C2\Oc3c(ccc4c3CN(C3CC3)CO4)C2=O)cc1. The number of allylic oxidation sites excluding steroid dienone is 1. The molecule has 0 aromatic heterocycles. The monoisotopic (exact) mass is 375 g/mol. The highest BCUT2D eigenvalue weighted by Crippen LogP contribution is 2.43. The summed E-state index contributed by atoms with van der Waals surface area (Å²) in [4.78, 5) is 15.2. The van der Waals surface area contributed by atoms with Crippen molar-refractivity contribution < 1.29 is 14.3 Å². The molecule has 3 aliphatic rings. The topological polar surface area (TPSA) is 38.8 Å². The predicted molar refractivity (Wildman–Crippen MR) is 109 cm³/mol. The lowest BCUT2D eigenvalue weighted by Gasteiger charge is -2.29. The van der Waals surface area contributed by atoms with E-state index in [2.05, 4.69) is 37.8 Å². The zero-order valence-corrected chi connectivity index (χ0v) is 16.6. The van der Waals surface area contributed by atoms with Crippen LogP contribution in [0.2, 0.25) is 0 Å². The number of carbonyl (C=O) groups excluding carboxylic acids is 1. The summed E-state index contributed by atoms with van der Waals surface area (Å²) in [7, 11) is 0. The Kier molecular flexibility index (Phi) is 3.88. The lowest BCUT2D eigenvalue weighted by Crippen LogP contribution is -2.33. The van der Waals surface area contributed by atoms with Crippen LogP contribution in [-0.4, -0.2) is 23.5 Å². The van der Waals surface area contributed by atoms with Gasteiger partial charge >= 0.3 is 0 Å². The van der Waals surface area contributed by atoms with E-state index < -0.39 is 0 Å². The molecule has 144 valence electrons. The van der Waals surface area contributed by atoms with E-state index in [4.69, 9.17) is 9.47 Å². The van der Waals surface area contributed by atoms with Gasteiger partial charge in [-0.1, -0.05) is 45.0 Å². The average molecular weight is 375 g/mol. The molecule has 0 N–H and O–H groups in total. The summed E-state index contributed by atoms with van der Waals surface area (Å²) in [6, 6.07) is 12.6. The number of Topliss-reactive ketones (excluding diaryl/α,β-unsaturated/α-hetero) is 1. The van der Waals surface area contributed by atoms with Crippen molar-refractivity contribution in [3.05, 3.63) is 64.4 Å². The van der Waals surface area contributed by atoms with Crippen LogP contribution in [0.3, 0.4) is 0 Å². The number of nitrogens with zero attached hydrogens (tertiary/aromatic N) is 1. The first kappa shape index (κ1) is 17.5. The number of fused-ring (bicyclic) bond motifs is 3. The van der Waals surface area contributed by atoms with E-state index in [0.717, 1.165) is 23.4 Å². The van der Waals surface area contributed by atoms with Gasteiger partial charge in [-0.15, -0.1) is 0 Å². The normalized spacial score (nSPS) is 20.5. The van der Waals surface area contributed by atoms with Gasteiger partial charge in [-0.05, 0) is 47.6 Å². The van der Waals surface area contributed by atoms with Crippen molar-refractivity contribution in [1.29, 1.82) is 0 Å². The van der Waals surface area contributed by atoms with E-state index in [0.29, 0.717) is 29.8 Å². The van der Waals surface area contributed by atoms with Crippen molar-refractivity contribution in [2.75, 3.05) is 6.73 Å². The molecule has 5 rings (SSSR count). The Bertz CT molecular complexity index is 978. The number of hydrogen-bond acceptors (Lipinski definition) is 4. The van der Waals surface area contributed by atoms with Gasteiger partial charge in [0.2, 0.25) is 5.78 Å². The van der Waals surface area contributed by atoms with Crippen LogP contribution in [0.4, 0.5) is 0 Å². The Hall–Kier alpha value is -2.59. The molecule has 0 radical (unpaired) electrons. The molecule has 2 aliphatic heterocycles. The van der Waals surface area contributed by atoms with Crippen molar-refractivity contribution in [3.63, 3.8) is 0 Å². The molecule has 0 saturated heterocycles. The van der Waals surface area contributed by atoms with Crippen molar-refractivity contribution >= 4 is 11.9 Å². The Morgan fingerprint density at radius 1 is 1.07 bits per heavy atom. The lowest BCUT2D eigenvalue weighted by molar-refractivity contribution is 0.0868. The standard InChI is InChI=1S/C24H25NO3/c1-24(2,3)16-6-4-15(5-7-16)12-21-22(26)18-10-11-20-19(23(18)28-21)13-25(14-27-20)17-8-9-17/h4-7,10-12,17H,8-9,13-14H2,1-3H3/b21-12-. The second-order valence-corrected chi connectivity index (χ2v) is 8.98. The number of carbonyl (C=O) groups is 1. The van der Waals surface area contributed by atoms with Crippen molar-refractivity contribution in [3.8, 4) is 11.5 Å². The zero-order valence-electron chi connectivity index (χ0n) is 16.6. The fourth-order valence-corrected chi connectivity index (χ4v) is 3.88. The van der Waals surface area contributed by atoms with Crippen LogP contribution in [-0.2, 0) is 12.0 Å². The number of ketones is 1. The molecule has 1 saturated carbocycles. The summed E-state index contributed by atoms with van der Waals surface area (Å²) in [5.41, 5.74) is 3.97. The van der Waals surface area contributed by atoms with E-state index >= 15 is 0 Å². The molecule has 4 heteroatoms. The maximum atomic E-state index is 12.9. The minimum absolute atomic E-state index is 0.0544. The van der Waals surface area contributed by atoms with Crippen LogP contribution in [0.5, 0.6) is 11.5 Å². The van der Waals surface area contributed by atoms with Gasteiger partial charge in [-0.3, -0.25) is 9.69 Å². The average Bonchev–Trinajstić information content (AvgIpc) is 3.47. The molecule has 4 nitrogen and oxygen atoms in total. The third-order valence-corrected chi connectivity index (χ3v) is 5.78. The molecule has 0 unspecified atom stereocenters. The third-order valence-electron chi connectivity index (χ3n) is 5.78. The summed E-state index contributed by atoms with van der Waals surface area (Å²) in [5.74, 6) is 1.83. The highest BCUT2D eigenvalue weighted by atomic mass is 16.5. The molecular weight excluding hydrogens is 350 g/mol. The fourth-order valence-electron chi connectivity index (χ4n) is 3.88. The van der Waals surface area contributed by atoms with Gasteiger partial charge in [0.25, 0.3) is 0 Å². The molecule has 28 heavy (non-hydrogen) atoms. The van der Waals surface area contributed by atoms with Crippen LogP contribution in [0.15, 0.2) is 42.2 Å². The third kappa shape index (κ3) is 3.02. The molecule has 1 fully saturated rings. The minimum Gasteiger partial charge on any atom is -0.478 e. The molecule has 0 spiro atoms. The van der Waals surface area contributed by atoms with Gasteiger partial charge in [-0.2, -0.15) is 0 Å². The predicted octanol–water partition coefficient (Wildman–Crippen LogP) is 4.91. The number of benzene rings is 2. The first-order chi connectivity index (χ1) is 13.4. The summed E-state index contributed by atoms with van der Waals surface area (Å²) in [5, 5.41) is 0. The molecule has 2 aromatic rings. The molecule has 2 aromatic carbocycles. The van der Waals surface area contributed by atoms with Crippen LogP contribution < -0.4 is 9.47 Å². The Morgan fingerprint density at radius 3 is 2.50 bits per heavy atom. The van der Waals surface area contributed by atoms with Crippen molar-refractivity contribution in [2.45, 2.75) is 51.6 Å². The van der Waals surface area contributed by atoms with E-state index in [1.54, 1.807) is 0 Å². The van der Waals surface area contributed by atoms with Crippen LogP contribution in [0.1, 0.15) is 60.7 Å². The van der Waals surface area contributed by atoms with Gasteiger partial charge in [0.05, 0.1) is 11.1 Å². The van der Waals surface area contributed by atoms with Crippen LogP contribution in [0.25, 0.3) is 6.08 Å². The van der Waals surface area contributed by atoms with Crippen molar-refractivity contribution in [2.24, 2.45) is 0 Å². The second-order valence-electron chi connectivity index (χ2n) is 8.98. The van der Waals surface area contributed by atoms with Gasteiger partial charge in [0, 0.05) is 12.6 Å². The number of rotatable bonds is 2. The zero-order chi connectivity index (χ0) is 19.5. The fraction of sp³-hybridized carbons (Fsp3) is 0.375. The van der Waals surface area contributed by atoms with Crippen molar-refractivity contribution in [1.82, 2.24) is 4.90 Å². The van der Waals surface area contributed by atoms with E-state index in [-0.39, 0.29) is 11.2 Å². The molecule has 1 aliphatic carbocycles. The molecule has 0 atom stereocenters. The van der Waals surface area contributed by atoms with Gasteiger partial charge < -0.3 is 9.47 Å². The quantitative estimate of drug-likeness (QED) is 0.699. The van der Waals surface area contributed by atoms with Gasteiger partial charge in [0.15, 0.2) is 5.76 Å². The first-order valence-electron chi connectivity index (χ1n) is 9.98. The summed E-state index contributed by atoms with van der Waals surface area (Å²) in [6.07, 6.45) is 4.29.